The number of rotatable bonds is 5. The van der Waals surface area contributed by atoms with Crippen molar-refractivity contribution >= 4 is 27.3 Å². The second-order valence-corrected chi connectivity index (χ2v) is 6.44. The van der Waals surface area contributed by atoms with E-state index in [-0.39, 0.29) is 16.4 Å². The summed E-state index contributed by atoms with van der Waals surface area (Å²) >= 11 is 0.853. The van der Waals surface area contributed by atoms with Gasteiger partial charge in [0.05, 0.1) is 24.9 Å². The van der Waals surface area contributed by atoms with Crippen LogP contribution >= 0.6 is 11.3 Å². The third-order valence-corrected chi connectivity index (χ3v) is 5.10. The van der Waals surface area contributed by atoms with Crippen LogP contribution in [-0.2, 0) is 21.3 Å². The molecular formula is C11H11N3O4S2. The lowest BCUT2D eigenvalue weighted by atomic mass is 10.4. The fourth-order valence-electron chi connectivity index (χ4n) is 1.40. The van der Waals surface area contributed by atoms with Crippen molar-refractivity contribution in [2.45, 2.75) is 10.8 Å². The Hall–Kier alpha value is -1.84. The number of nitrogens with zero attached hydrogens (tertiary/aromatic N) is 2. The molecule has 0 aliphatic carbocycles. The number of carbonyl (C=O) groups excluding carboxylic acids is 1. The van der Waals surface area contributed by atoms with Gasteiger partial charge in [0.15, 0.2) is 9.90 Å². The van der Waals surface area contributed by atoms with E-state index >= 15 is 0 Å². The molecule has 0 aliphatic heterocycles. The van der Waals surface area contributed by atoms with E-state index in [0.29, 0.717) is 5.69 Å². The van der Waals surface area contributed by atoms with Crippen LogP contribution in [0.3, 0.4) is 0 Å². The lowest BCUT2D eigenvalue weighted by Crippen LogP contribution is -2.24. The average molecular weight is 313 g/mol. The maximum absolute atomic E-state index is 12.1. The Bertz CT molecular complexity index is 697. The highest BCUT2D eigenvalue weighted by Gasteiger charge is 2.26. The molecule has 0 aromatic carbocycles. The number of aromatic nitrogens is 2. The molecule has 0 atom stereocenters. The van der Waals surface area contributed by atoms with Crippen molar-refractivity contribution in [1.29, 1.82) is 0 Å². The zero-order chi connectivity index (χ0) is 14.6. The molecule has 0 amide bonds. The molecule has 0 saturated carbocycles. The SMILES string of the molecule is COC(=O)c1ncsc1S(=O)(=O)NCc1ccccn1. The maximum atomic E-state index is 12.1. The Kier molecular flexibility index (Phi) is 4.42. The first kappa shape index (κ1) is 14.6. The molecule has 0 bridgehead atoms. The van der Waals surface area contributed by atoms with Gasteiger partial charge >= 0.3 is 5.97 Å². The fraction of sp³-hybridized carbons (Fsp3) is 0.182. The molecule has 2 rings (SSSR count). The van der Waals surface area contributed by atoms with Gasteiger partial charge < -0.3 is 4.74 Å². The molecule has 9 heteroatoms. The van der Waals surface area contributed by atoms with Crippen LogP contribution in [0.25, 0.3) is 0 Å². The summed E-state index contributed by atoms with van der Waals surface area (Å²) in [5, 5.41) is 0. The van der Waals surface area contributed by atoms with E-state index in [2.05, 4.69) is 19.4 Å². The number of pyridine rings is 1. The standard InChI is InChI=1S/C11H11N3O4S2/c1-18-10(15)9-11(19-7-13-9)20(16,17)14-6-8-4-2-3-5-12-8/h2-5,7,14H,6H2,1H3. The summed E-state index contributed by atoms with van der Waals surface area (Å²) in [4.78, 5) is 19.2. The molecule has 0 aliphatic rings. The van der Waals surface area contributed by atoms with E-state index in [1.807, 2.05) is 0 Å². The van der Waals surface area contributed by atoms with Gasteiger partial charge in [-0.1, -0.05) is 6.07 Å². The quantitative estimate of drug-likeness (QED) is 0.820. The second kappa shape index (κ2) is 6.07. The highest BCUT2D eigenvalue weighted by molar-refractivity contribution is 7.91. The van der Waals surface area contributed by atoms with E-state index in [1.54, 1.807) is 24.4 Å². The highest BCUT2D eigenvalue weighted by Crippen LogP contribution is 2.20. The number of hydrogen-bond acceptors (Lipinski definition) is 7. The molecule has 0 unspecified atom stereocenters. The molecule has 1 N–H and O–H groups in total. The first-order valence-corrected chi connectivity index (χ1v) is 7.82. The van der Waals surface area contributed by atoms with E-state index in [1.165, 1.54) is 12.6 Å². The molecule has 2 aromatic rings. The minimum atomic E-state index is -3.84. The summed E-state index contributed by atoms with van der Waals surface area (Å²) in [5.74, 6) is -0.788. The van der Waals surface area contributed by atoms with Crippen LogP contribution in [0.15, 0.2) is 34.1 Å². The summed E-state index contributed by atoms with van der Waals surface area (Å²) < 4.78 is 31.0. The van der Waals surface area contributed by atoms with Crippen LogP contribution in [0.5, 0.6) is 0 Å². The van der Waals surface area contributed by atoms with E-state index in [4.69, 9.17) is 0 Å². The summed E-state index contributed by atoms with van der Waals surface area (Å²) in [6.07, 6.45) is 1.57. The van der Waals surface area contributed by atoms with Gasteiger partial charge in [0.2, 0.25) is 0 Å². The van der Waals surface area contributed by atoms with Crippen LogP contribution < -0.4 is 4.72 Å². The molecule has 7 nitrogen and oxygen atoms in total. The van der Waals surface area contributed by atoms with Crippen molar-refractivity contribution in [3.05, 3.63) is 41.3 Å². The lowest BCUT2D eigenvalue weighted by molar-refractivity contribution is 0.0590. The summed E-state index contributed by atoms with van der Waals surface area (Å²) in [6, 6.07) is 5.18. The number of hydrogen-bond donors (Lipinski definition) is 1. The second-order valence-electron chi connectivity index (χ2n) is 3.63. The van der Waals surface area contributed by atoms with Crippen LogP contribution in [-0.4, -0.2) is 31.5 Å². The van der Waals surface area contributed by atoms with Crippen LogP contribution in [0.4, 0.5) is 0 Å². The summed E-state index contributed by atoms with van der Waals surface area (Å²) in [7, 11) is -2.67. The molecule has 106 valence electrons. The number of nitrogens with one attached hydrogen (secondary N) is 1. The Balaban J connectivity index is 2.19. The van der Waals surface area contributed by atoms with Crippen LogP contribution in [0.2, 0.25) is 0 Å². The normalized spacial score (nSPS) is 11.2. The molecule has 0 spiro atoms. The highest BCUT2D eigenvalue weighted by atomic mass is 32.2. The molecule has 0 fully saturated rings. The lowest BCUT2D eigenvalue weighted by Gasteiger charge is -2.05. The fourth-order valence-corrected chi connectivity index (χ4v) is 3.57. The average Bonchev–Trinajstić information content (AvgIpc) is 2.96. The van der Waals surface area contributed by atoms with Gasteiger partial charge in [0, 0.05) is 6.20 Å². The maximum Gasteiger partial charge on any atom is 0.358 e. The minimum absolute atomic E-state index is 0.0295. The van der Waals surface area contributed by atoms with Crippen molar-refractivity contribution in [2.24, 2.45) is 0 Å². The van der Waals surface area contributed by atoms with Gasteiger partial charge in [0.1, 0.15) is 0 Å². The topological polar surface area (TPSA) is 98.2 Å². The molecule has 2 aromatic heterocycles. The Labute approximate surface area is 119 Å². The monoisotopic (exact) mass is 313 g/mol. The van der Waals surface area contributed by atoms with Crippen LogP contribution in [0, 0.1) is 0 Å². The van der Waals surface area contributed by atoms with Gasteiger partial charge in [-0.25, -0.2) is 22.9 Å². The predicted octanol–water partition coefficient (Wildman–Crippen LogP) is 0.803. The molecule has 20 heavy (non-hydrogen) atoms. The first-order chi connectivity index (χ1) is 9.54. The minimum Gasteiger partial charge on any atom is -0.464 e. The van der Waals surface area contributed by atoms with Crippen LogP contribution in [0.1, 0.15) is 16.2 Å². The van der Waals surface area contributed by atoms with Gasteiger partial charge in [-0.2, -0.15) is 0 Å². The van der Waals surface area contributed by atoms with Gasteiger partial charge in [-0.3, -0.25) is 4.98 Å². The molecule has 2 heterocycles. The van der Waals surface area contributed by atoms with Crippen molar-refractivity contribution in [1.82, 2.24) is 14.7 Å². The largest absolute Gasteiger partial charge is 0.464 e. The Morgan fingerprint density at radius 2 is 2.20 bits per heavy atom. The third-order valence-electron chi connectivity index (χ3n) is 2.33. The first-order valence-electron chi connectivity index (χ1n) is 5.46. The Morgan fingerprint density at radius 1 is 1.40 bits per heavy atom. The number of ether oxygens (including phenoxy) is 1. The van der Waals surface area contributed by atoms with E-state index in [9.17, 15) is 13.2 Å². The van der Waals surface area contributed by atoms with Gasteiger partial charge in [0.25, 0.3) is 10.0 Å². The molecule has 0 radical (unpaired) electrons. The number of thiazole rings is 1. The zero-order valence-electron chi connectivity index (χ0n) is 10.4. The van der Waals surface area contributed by atoms with Crippen molar-refractivity contribution in [3.63, 3.8) is 0 Å². The number of esters is 1. The van der Waals surface area contributed by atoms with Gasteiger partial charge in [-0.15, -0.1) is 11.3 Å². The van der Waals surface area contributed by atoms with Crippen molar-refractivity contribution in [3.8, 4) is 0 Å². The van der Waals surface area contributed by atoms with Gasteiger partial charge in [-0.05, 0) is 12.1 Å². The third kappa shape index (κ3) is 3.18. The molecule has 0 saturated heterocycles. The number of sulfonamides is 1. The summed E-state index contributed by atoms with van der Waals surface area (Å²) in [5.41, 5.74) is 1.63. The Morgan fingerprint density at radius 3 is 2.85 bits per heavy atom. The van der Waals surface area contributed by atoms with E-state index < -0.39 is 16.0 Å². The molecular weight excluding hydrogens is 302 g/mol. The predicted molar refractivity (Wildman–Crippen MR) is 71.7 cm³/mol. The van der Waals surface area contributed by atoms with Crippen molar-refractivity contribution < 1.29 is 17.9 Å². The van der Waals surface area contributed by atoms with E-state index in [0.717, 1.165) is 11.3 Å². The smallest absolute Gasteiger partial charge is 0.358 e. The summed E-state index contributed by atoms with van der Waals surface area (Å²) in [6.45, 7) is 0.0295. The zero-order valence-corrected chi connectivity index (χ0v) is 12.1. The van der Waals surface area contributed by atoms with Crippen molar-refractivity contribution in [2.75, 3.05) is 7.11 Å². The number of methoxy groups -OCH3 is 1. The number of carbonyl (C=O) groups is 1.